The second-order valence-corrected chi connectivity index (χ2v) is 7.71. The summed E-state index contributed by atoms with van der Waals surface area (Å²) in [6.45, 7) is 0. The van der Waals surface area contributed by atoms with Gasteiger partial charge < -0.3 is 0 Å². The van der Waals surface area contributed by atoms with E-state index in [1.165, 1.54) is 23.5 Å². The predicted octanol–water partition coefficient (Wildman–Crippen LogP) is 6.24. The summed E-state index contributed by atoms with van der Waals surface area (Å²) in [4.78, 5) is 15.3. The molecule has 0 bridgehead atoms. The predicted molar refractivity (Wildman–Crippen MR) is 122 cm³/mol. The van der Waals surface area contributed by atoms with Crippen LogP contribution < -0.4 is 0 Å². The Bertz CT molecular complexity index is 1340. The van der Waals surface area contributed by atoms with E-state index < -0.39 is 4.92 Å². The molecule has 5 rings (SSSR count). The van der Waals surface area contributed by atoms with E-state index in [4.69, 9.17) is 10.1 Å². The maximum absolute atomic E-state index is 10.9. The lowest BCUT2D eigenvalue weighted by atomic mass is 10.1. The first-order valence-corrected chi connectivity index (χ1v) is 10.5. The molecule has 6 nitrogen and oxygen atoms in total. The van der Waals surface area contributed by atoms with Crippen molar-refractivity contribution in [2.45, 2.75) is 0 Å². The summed E-state index contributed by atoms with van der Waals surface area (Å²) in [5, 5.41) is 18.4. The van der Waals surface area contributed by atoms with Crippen LogP contribution in [0.5, 0.6) is 0 Å². The van der Waals surface area contributed by atoms with Gasteiger partial charge in [0.25, 0.3) is 5.69 Å². The average molecular weight is 424 g/mol. The standard InChI is InChI=1S/C24H16N4O2S/c29-28(30)20-13-11-18(12-14-20)22-16-31-24(25-22)27-23(19-9-5-2-6-10-19)15-21(26-27)17-7-3-1-4-8-17/h1-16H. The number of nitrogens with zero attached hydrogens (tertiary/aromatic N) is 4. The van der Waals surface area contributed by atoms with Gasteiger partial charge in [-0.2, -0.15) is 5.10 Å². The molecule has 2 heterocycles. The molecule has 150 valence electrons. The summed E-state index contributed by atoms with van der Waals surface area (Å²) in [6.07, 6.45) is 0. The zero-order valence-electron chi connectivity index (χ0n) is 16.3. The first kappa shape index (κ1) is 18.9. The zero-order chi connectivity index (χ0) is 21.2. The molecule has 31 heavy (non-hydrogen) atoms. The van der Waals surface area contributed by atoms with Crippen LogP contribution in [0, 0.1) is 10.1 Å². The number of aromatic nitrogens is 3. The Morgan fingerprint density at radius 1 is 0.774 bits per heavy atom. The van der Waals surface area contributed by atoms with Crippen molar-refractivity contribution in [2.24, 2.45) is 0 Å². The fourth-order valence-corrected chi connectivity index (χ4v) is 4.14. The van der Waals surface area contributed by atoms with Gasteiger partial charge in [-0.1, -0.05) is 60.7 Å². The van der Waals surface area contributed by atoms with Crippen molar-refractivity contribution in [1.82, 2.24) is 14.8 Å². The molecule has 2 aromatic heterocycles. The van der Waals surface area contributed by atoms with Crippen LogP contribution in [0.4, 0.5) is 5.69 Å². The van der Waals surface area contributed by atoms with Crippen molar-refractivity contribution in [3.63, 3.8) is 0 Å². The number of thiazole rings is 1. The Kier molecular flexibility index (Phi) is 4.86. The molecule has 0 aliphatic rings. The summed E-state index contributed by atoms with van der Waals surface area (Å²) < 4.78 is 1.86. The molecule has 0 aliphatic carbocycles. The fraction of sp³-hybridized carbons (Fsp3) is 0. The van der Waals surface area contributed by atoms with Gasteiger partial charge in [0.15, 0.2) is 0 Å². The molecule has 0 spiro atoms. The number of nitro groups is 1. The van der Waals surface area contributed by atoms with E-state index in [2.05, 4.69) is 6.07 Å². The number of rotatable bonds is 5. The van der Waals surface area contributed by atoms with Gasteiger partial charge in [-0.05, 0) is 18.2 Å². The highest BCUT2D eigenvalue weighted by molar-refractivity contribution is 7.12. The van der Waals surface area contributed by atoms with E-state index in [9.17, 15) is 10.1 Å². The highest BCUT2D eigenvalue weighted by atomic mass is 32.1. The Balaban J connectivity index is 1.58. The first-order chi connectivity index (χ1) is 15.2. The monoisotopic (exact) mass is 424 g/mol. The summed E-state index contributed by atoms with van der Waals surface area (Å²) in [7, 11) is 0. The number of benzene rings is 3. The lowest BCUT2D eigenvalue weighted by molar-refractivity contribution is -0.384. The second-order valence-electron chi connectivity index (χ2n) is 6.88. The zero-order valence-corrected chi connectivity index (χ0v) is 17.1. The van der Waals surface area contributed by atoms with Crippen molar-refractivity contribution in [3.05, 3.63) is 106 Å². The summed E-state index contributed by atoms with van der Waals surface area (Å²) in [5.74, 6) is 0. The molecule has 0 N–H and O–H groups in total. The van der Waals surface area contributed by atoms with E-state index in [-0.39, 0.29) is 5.69 Å². The number of hydrogen-bond acceptors (Lipinski definition) is 5. The number of hydrogen-bond donors (Lipinski definition) is 0. The van der Waals surface area contributed by atoms with E-state index in [1.54, 1.807) is 12.1 Å². The summed E-state index contributed by atoms with van der Waals surface area (Å²) >= 11 is 1.48. The van der Waals surface area contributed by atoms with Crippen LogP contribution in [0.2, 0.25) is 0 Å². The van der Waals surface area contributed by atoms with Crippen LogP contribution in [0.25, 0.3) is 38.9 Å². The third kappa shape index (κ3) is 3.74. The van der Waals surface area contributed by atoms with E-state index in [0.717, 1.165) is 38.9 Å². The normalized spacial score (nSPS) is 10.8. The highest BCUT2D eigenvalue weighted by Crippen LogP contribution is 2.32. The van der Waals surface area contributed by atoms with Crippen LogP contribution in [0.15, 0.2) is 96.4 Å². The Morgan fingerprint density at radius 2 is 1.39 bits per heavy atom. The molecule has 0 aliphatic heterocycles. The molecule has 0 unspecified atom stereocenters. The topological polar surface area (TPSA) is 73.8 Å². The van der Waals surface area contributed by atoms with Crippen molar-refractivity contribution in [2.75, 3.05) is 0 Å². The average Bonchev–Trinajstić information content (AvgIpc) is 3.48. The van der Waals surface area contributed by atoms with Crippen molar-refractivity contribution < 1.29 is 4.92 Å². The Labute approximate surface area is 182 Å². The fourth-order valence-electron chi connectivity index (χ4n) is 3.34. The third-order valence-electron chi connectivity index (χ3n) is 4.90. The molecule has 7 heteroatoms. The Morgan fingerprint density at radius 3 is 2.03 bits per heavy atom. The van der Waals surface area contributed by atoms with E-state index in [0.29, 0.717) is 0 Å². The van der Waals surface area contributed by atoms with Crippen LogP contribution in [0.1, 0.15) is 0 Å². The van der Waals surface area contributed by atoms with Gasteiger partial charge in [0.1, 0.15) is 0 Å². The first-order valence-electron chi connectivity index (χ1n) is 9.61. The molecule has 0 saturated carbocycles. The maximum atomic E-state index is 10.9. The molecule has 5 aromatic rings. The minimum Gasteiger partial charge on any atom is -0.258 e. The van der Waals surface area contributed by atoms with Gasteiger partial charge >= 0.3 is 0 Å². The molecule has 0 atom stereocenters. The van der Waals surface area contributed by atoms with Gasteiger partial charge in [0, 0.05) is 34.2 Å². The molecule has 0 radical (unpaired) electrons. The molecule has 0 amide bonds. The SMILES string of the molecule is O=[N+]([O-])c1ccc(-c2csc(-n3nc(-c4ccccc4)cc3-c3ccccc3)n2)cc1. The number of non-ortho nitro benzene ring substituents is 1. The molecular weight excluding hydrogens is 408 g/mol. The largest absolute Gasteiger partial charge is 0.269 e. The maximum Gasteiger partial charge on any atom is 0.269 e. The van der Waals surface area contributed by atoms with Gasteiger partial charge in [-0.15, -0.1) is 11.3 Å². The molecule has 0 saturated heterocycles. The van der Waals surface area contributed by atoms with Crippen LogP contribution >= 0.6 is 11.3 Å². The highest BCUT2D eigenvalue weighted by Gasteiger charge is 2.16. The summed E-state index contributed by atoms with van der Waals surface area (Å²) in [5.41, 5.74) is 5.53. The molecule has 3 aromatic carbocycles. The van der Waals surface area contributed by atoms with Gasteiger partial charge in [0.05, 0.1) is 22.0 Å². The molecular formula is C24H16N4O2S. The van der Waals surface area contributed by atoms with Gasteiger partial charge in [0.2, 0.25) is 5.13 Å². The summed E-state index contributed by atoms with van der Waals surface area (Å²) in [6, 6.07) is 28.6. The third-order valence-corrected chi connectivity index (χ3v) is 5.71. The number of nitro benzene ring substituents is 1. The lowest BCUT2D eigenvalue weighted by Crippen LogP contribution is -1.99. The minimum atomic E-state index is -0.406. The smallest absolute Gasteiger partial charge is 0.258 e. The Hall–Kier alpha value is -4.10. The minimum absolute atomic E-state index is 0.0603. The van der Waals surface area contributed by atoms with Crippen LogP contribution in [-0.2, 0) is 0 Å². The van der Waals surface area contributed by atoms with Crippen molar-refractivity contribution in [1.29, 1.82) is 0 Å². The van der Waals surface area contributed by atoms with Crippen molar-refractivity contribution >= 4 is 17.0 Å². The van der Waals surface area contributed by atoms with Gasteiger partial charge in [-0.25, -0.2) is 9.67 Å². The quantitative estimate of drug-likeness (QED) is 0.247. The van der Waals surface area contributed by atoms with Crippen LogP contribution in [0.3, 0.4) is 0 Å². The van der Waals surface area contributed by atoms with E-state index >= 15 is 0 Å². The lowest BCUT2D eigenvalue weighted by Gasteiger charge is -2.04. The van der Waals surface area contributed by atoms with Gasteiger partial charge in [-0.3, -0.25) is 10.1 Å². The van der Waals surface area contributed by atoms with Crippen LogP contribution in [-0.4, -0.2) is 19.7 Å². The molecule has 0 fully saturated rings. The van der Waals surface area contributed by atoms with E-state index in [1.807, 2.05) is 70.7 Å². The second kappa shape index (κ2) is 7.97. The van der Waals surface area contributed by atoms with Crippen molar-refractivity contribution in [3.8, 4) is 38.9 Å².